The molecule has 0 aliphatic carbocycles. The summed E-state index contributed by atoms with van der Waals surface area (Å²) in [6.45, 7) is 6.38. The smallest absolute Gasteiger partial charge is 0.250 e. The van der Waals surface area contributed by atoms with Crippen LogP contribution in [0.25, 0.3) is 11.1 Å². The minimum atomic E-state index is -0.631. The molecule has 1 aromatic heterocycles. The lowest BCUT2D eigenvalue weighted by molar-refractivity contribution is -0.120. The van der Waals surface area contributed by atoms with E-state index >= 15 is 0 Å². The molecule has 0 saturated heterocycles. The molecule has 0 spiro atoms. The average molecular weight is 428 g/mol. The Balaban J connectivity index is 1.69. The summed E-state index contributed by atoms with van der Waals surface area (Å²) in [7, 11) is 0. The van der Waals surface area contributed by atoms with E-state index in [0.29, 0.717) is 12.8 Å². The van der Waals surface area contributed by atoms with Gasteiger partial charge in [-0.1, -0.05) is 25.1 Å². The van der Waals surface area contributed by atoms with Gasteiger partial charge in [0, 0.05) is 35.0 Å². The minimum Gasteiger partial charge on any atom is -0.362 e. The third-order valence-electron chi connectivity index (χ3n) is 6.59. The largest absolute Gasteiger partial charge is 0.362 e. The number of rotatable bonds is 4. The number of aromatic nitrogens is 2. The Bertz CT molecular complexity index is 1240. The molecular weight excluding hydrogens is 402 g/mol. The van der Waals surface area contributed by atoms with Gasteiger partial charge in [-0.25, -0.2) is 0 Å². The first-order valence-electron chi connectivity index (χ1n) is 10.8. The minimum absolute atomic E-state index is 0.0518. The first-order chi connectivity index (χ1) is 15.4. The number of carbonyl (C=O) groups excluding carboxylic acids is 1. The van der Waals surface area contributed by atoms with Crippen LogP contribution in [0, 0.1) is 11.3 Å². The second kappa shape index (κ2) is 7.16. The van der Waals surface area contributed by atoms with E-state index in [1.165, 1.54) is 0 Å². The Morgan fingerprint density at radius 3 is 2.94 bits per heavy atom. The maximum absolute atomic E-state index is 13.5. The fourth-order valence-corrected chi connectivity index (χ4v) is 5.24. The van der Waals surface area contributed by atoms with Crippen LogP contribution in [0.1, 0.15) is 39.2 Å². The van der Waals surface area contributed by atoms with Gasteiger partial charge in [0.15, 0.2) is 6.17 Å². The van der Waals surface area contributed by atoms with Crippen LogP contribution in [0.4, 0.5) is 0 Å². The predicted octanol–water partition coefficient (Wildman–Crippen LogP) is 3.55. The normalized spacial score (nSPS) is 25.4. The van der Waals surface area contributed by atoms with Crippen LogP contribution < -0.4 is 10.6 Å². The first-order valence-corrected chi connectivity index (χ1v) is 10.8. The molecule has 1 unspecified atom stereocenters. The van der Waals surface area contributed by atoms with Crippen molar-refractivity contribution in [3.8, 4) is 17.2 Å². The second-order valence-corrected chi connectivity index (χ2v) is 9.15. The van der Waals surface area contributed by atoms with E-state index in [9.17, 15) is 4.79 Å². The van der Waals surface area contributed by atoms with E-state index in [1.807, 2.05) is 32.2 Å². The van der Waals surface area contributed by atoms with E-state index in [-0.39, 0.29) is 24.2 Å². The zero-order valence-corrected chi connectivity index (χ0v) is 18.4. The summed E-state index contributed by atoms with van der Waals surface area (Å²) in [5, 5.41) is 28.5. The maximum Gasteiger partial charge on any atom is 0.250 e. The van der Waals surface area contributed by atoms with Crippen molar-refractivity contribution < 1.29 is 4.79 Å². The molecule has 2 N–H and O–H groups in total. The molecule has 0 bridgehead atoms. The lowest BCUT2D eigenvalue weighted by Crippen LogP contribution is -2.58. The number of carbonyl (C=O) groups is 1. The maximum atomic E-state index is 13.5. The summed E-state index contributed by atoms with van der Waals surface area (Å²) in [5.41, 5.74) is 4.66. The van der Waals surface area contributed by atoms with Gasteiger partial charge >= 0.3 is 0 Å². The molecule has 0 radical (unpaired) electrons. The lowest BCUT2D eigenvalue weighted by atomic mass is 9.62. The zero-order valence-electron chi connectivity index (χ0n) is 18.4. The third-order valence-corrected chi connectivity index (χ3v) is 6.59. The van der Waals surface area contributed by atoms with Gasteiger partial charge in [0.2, 0.25) is 0 Å². The summed E-state index contributed by atoms with van der Waals surface area (Å²) in [4.78, 5) is 13.5. The second-order valence-electron chi connectivity index (χ2n) is 9.15. The number of nitriles is 1. The van der Waals surface area contributed by atoms with Crippen molar-refractivity contribution in [1.82, 2.24) is 20.4 Å². The number of nitrogens with one attached hydrogen (secondary N) is 2. The highest BCUT2D eigenvalue weighted by molar-refractivity contribution is 6.00. The van der Waals surface area contributed by atoms with Crippen LogP contribution in [0.5, 0.6) is 0 Å². The van der Waals surface area contributed by atoms with Gasteiger partial charge in [0.05, 0.1) is 29.5 Å². The highest BCUT2D eigenvalue weighted by atomic mass is 16.2. The number of hydrogen-bond acceptors (Lipinski definition) is 6. The van der Waals surface area contributed by atoms with Gasteiger partial charge in [0.25, 0.3) is 5.91 Å². The van der Waals surface area contributed by atoms with E-state index in [4.69, 9.17) is 5.26 Å². The molecule has 2 aromatic rings. The van der Waals surface area contributed by atoms with Crippen LogP contribution >= 0.6 is 0 Å². The third kappa shape index (κ3) is 2.96. The summed E-state index contributed by atoms with van der Waals surface area (Å²) in [6.07, 6.45) is 6.57. The Kier molecular flexibility index (Phi) is 4.52. The lowest BCUT2D eigenvalue weighted by Gasteiger charge is -2.48. The van der Waals surface area contributed by atoms with Crippen molar-refractivity contribution in [3.63, 3.8) is 0 Å². The summed E-state index contributed by atoms with van der Waals surface area (Å²) in [6, 6.07) is 10.3. The van der Waals surface area contributed by atoms with Gasteiger partial charge in [-0.05, 0) is 37.5 Å². The van der Waals surface area contributed by atoms with E-state index in [2.05, 4.69) is 51.1 Å². The van der Waals surface area contributed by atoms with Crippen LogP contribution in [-0.2, 0) is 16.8 Å². The Morgan fingerprint density at radius 2 is 2.16 bits per heavy atom. The van der Waals surface area contributed by atoms with Crippen molar-refractivity contribution in [1.29, 1.82) is 5.26 Å². The van der Waals surface area contributed by atoms with Crippen molar-refractivity contribution in [2.24, 2.45) is 10.2 Å². The van der Waals surface area contributed by atoms with Crippen molar-refractivity contribution in [3.05, 3.63) is 65.3 Å². The van der Waals surface area contributed by atoms with Gasteiger partial charge in [-0.15, -0.1) is 0 Å². The highest BCUT2D eigenvalue weighted by Crippen LogP contribution is 2.51. The molecule has 1 aromatic carbocycles. The van der Waals surface area contributed by atoms with E-state index in [1.54, 1.807) is 17.1 Å². The molecule has 3 aliphatic heterocycles. The van der Waals surface area contributed by atoms with Crippen LogP contribution in [0.2, 0.25) is 0 Å². The molecule has 1 amide bonds. The molecule has 2 atom stereocenters. The standard InChI is InChI=1S/C24H25N7O/c1-4-24(17-7-5-6-15(10-17)16-12-27-31(14-16)9-8-25)18-13-26-30-21(18)28-19-11-23(2,3)29-22(32)20(19)24/h5-7,10,12-14,21,28H,4,9,11H2,1-3H3,(H,29,32)/t21?,24-/m1/s1. The Hall–Kier alpha value is -3.73. The van der Waals surface area contributed by atoms with Crippen LogP contribution in [0.15, 0.2) is 69.9 Å². The van der Waals surface area contributed by atoms with E-state index in [0.717, 1.165) is 33.5 Å². The number of azo groups is 1. The van der Waals surface area contributed by atoms with Gasteiger partial charge in [-0.3, -0.25) is 9.48 Å². The van der Waals surface area contributed by atoms with Crippen molar-refractivity contribution in [2.75, 3.05) is 0 Å². The predicted molar refractivity (Wildman–Crippen MR) is 119 cm³/mol. The summed E-state index contributed by atoms with van der Waals surface area (Å²) >= 11 is 0. The van der Waals surface area contributed by atoms with Crippen LogP contribution in [0.3, 0.4) is 0 Å². The number of fused-ring (bicyclic) bond motifs is 1. The Morgan fingerprint density at radius 1 is 1.31 bits per heavy atom. The summed E-state index contributed by atoms with van der Waals surface area (Å²) < 4.78 is 1.62. The molecule has 8 nitrogen and oxygen atoms in total. The van der Waals surface area contributed by atoms with Gasteiger partial charge < -0.3 is 10.6 Å². The monoisotopic (exact) mass is 427 g/mol. The molecule has 5 rings (SSSR count). The van der Waals surface area contributed by atoms with Gasteiger partial charge in [0.1, 0.15) is 6.54 Å². The summed E-state index contributed by atoms with van der Waals surface area (Å²) in [5.74, 6) is -0.0518. The molecule has 4 heterocycles. The number of amides is 1. The van der Waals surface area contributed by atoms with Crippen molar-refractivity contribution >= 4 is 5.91 Å². The fraction of sp³-hybridized carbons (Fsp3) is 0.375. The zero-order chi connectivity index (χ0) is 22.5. The van der Waals surface area contributed by atoms with Crippen molar-refractivity contribution in [2.45, 2.75) is 57.3 Å². The number of benzene rings is 1. The molecular formula is C24H25N7O. The molecule has 3 aliphatic rings. The number of hydrogen-bond donors (Lipinski definition) is 2. The molecule has 8 heteroatoms. The first kappa shape index (κ1) is 20.2. The van der Waals surface area contributed by atoms with Crippen LogP contribution in [-0.4, -0.2) is 27.4 Å². The topological polar surface area (TPSA) is 107 Å². The average Bonchev–Trinajstić information content (AvgIpc) is 3.41. The molecule has 32 heavy (non-hydrogen) atoms. The Labute approximate surface area is 186 Å². The number of nitrogens with zero attached hydrogens (tertiary/aromatic N) is 5. The van der Waals surface area contributed by atoms with Gasteiger partial charge in [-0.2, -0.15) is 20.6 Å². The SMILES string of the molecule is CC[C@@]1(c2cccc(-c3cnn(CC#N)c3)c2)C2=CN=NC2NC2=C1C(=O)NC(C)(C)C2. The fourth-order valence-electron chi connectivity index (χ4n) is 5.24. The molecule has 0 fully saturated rings. The molecule has 0 saturated carbocycles. The highest BCUT2D eigenvalue weighted by Gasteiger charge is 2.53. The molecule has 162 valence electrons. The van der Waals surface area contributed by atoms with E-state index < -0.39 is 5.41 Å². The quantitative estimate of drug-likeness (QED) is 0.778.